The molecule has 2 heterocycles. The van der Waals surface area contributed by atoms with Crippen molar-refractivity contribution in [3.8, 4) is 0 Å². The Morgan fingerprint density at radius 2 is 2.16 bits per heavy atom. The van der Waals surface area contributed by atoms with E-state index in [-0.39, 0.29) is 24.0 Å². The molecule has 6 nitrogen and oxygen atoms in total. The summed E-state index contributed by atoms with van der Waals surface area (Å²) in [5, 5.41) is 6.37. The number of anilines is 1. The quantitative estimate of drug-likeness (QED) is 0.784. The third-order valence-electron chi connectivity index (χ3n) is 4.02. The van der Waals surface area contributed by atoms with Gasteiger partial charge in [-0.15, -0.1) is 0 Å². The van der Waals surface area contributed by atoms with Gasteiger partial charge in [-0.3, -0.25) is 14.3 Å². The maximum Gasteiger partial charge on any atom is 0.389 e. The molecule has 142 valence electrons. The number of carbonyl (C=O) groups is 1. The van der Waals surface area contributed by atoms with Crippen LogP contribution in [-0.4, -0.2) is 45.2 Å². The van der Waals surface area contributed by atoms with Gasteiger partial charge in [0.05, 0.1) is 12.3 Å². The first kappa shape index (κ1) is 19.9. The summed E-state index contributed by atoms with van der Waals surface area (Å²) in [6.45, 7) is 4.03. The second-order valence-electron chi connectivity index (χ2n) is 6.41. The Labute approximate surface area is 145 Å². The summed E-state index contributed by atoms with van der Waals surface area (Å²) in [6.07, 6.45) is -4.79. The summed E-state index contributed by atoms with van der Waals surface area (Å²) in [7, 11) is -1.76. The second kappa shape index (κ2) is 7.86. The second-order valence-corrected chi connectivity index (χ2v) is 8.53. The Morgan fingerprint density at radius 1 is 1.44 bits per heavy atom. The zero-order valence-electron chi connectivity index (χ0n) is 14.0. The van der Waals surface area contributed by atoms with Crippen molar-refractivity contribution >= 4 is 22.6 Å². The van der Waals surface area contributed by atoms with E-state index in [1.54, 1.807) is 6.07 Å². The fourth-order valence-corrected chi connectivity index (χ4v) is 3.51. The number of carbonyl (C=O) groups excluding carboxylic acids is 1. The van der Waals surface area contributed by atoms with Crippen LogP contribution in [0.4, 0.5) is 19.1 Å². The van der Waals surface area contributed by atoms with Crippen molar-refractivity contribution in [2.75, 3.05) is 24.3 Å². The molecule has 25 heavy (non-hydrogen) atoms. The van der Waals surface area contributed by atoms with Crippen LogP contribution in [0.3, 0.4) is 0 Å². The molecule has 0 aromatic carbocycles. The summed E-state index contributed by atoms with van der Waals surface area (Å²) in [5.74, 6) is -0.574. The van der Waals surface area contributed by atoms with E-state index in [4.69, 9.17) is 9.26 Å². The topological polar surface area (TPSA) is 81.4 Å². The minimum Gasteiger partial charge on any atom is -0.381 e. The molecular formula is C15H21F3N2O4S. The summed E-state index contributed by atoms with van der Waals surface area (Å²) >= 11 is 0. The summed E-state index contributed by atoms with van der Waals surface area (Å²) in [6, 6.07) is 1.58. The van der Waals surface area contributed by atoms with Gasteiger partial charge in [-0.1, -0.05) is 5.16 Å². The molecule has 1 aromatic heterocycles. The minimum atomic E-state index is -4.29. The van der Waals surface area contributed by atoms with Gasteiger partial charge < -0.3 is 9.26 Å². The summed E-state index contributed by atoms with van der Waals surface area (Å²) in [5.41, 5.74) is 0.664. The number of hydrogen-bond donors (Lipinski definition) is 1. The molecular weight excluding hydrogens is 361 g/mol. The first-order valence-electron chi connectivity index (χ1n) is 7.90. The Balaban J connectivity index is 1.90. The Hall–Kier alpha value is -1.42. The van der Waals surface area contributed by atoms with Crippen LogP contribution in [0.5, 0.6) is 0 Å². The Bertz CT molecular complexity index is 625. The lowest BCUT2D eigenvalue weighted by Gasteiger charge is -2.22. The molecule has 1 aromatic rings. The molecule has 1 amide bonds. The van der Waals surface area contributed by atoms with Crippen LogP contribution in [0, 0.1) is 0 Å². The Morgan fingerprint density at radius 3 is 2.76 bits per heavy atom. The standard InChI is InChI=1S/C15H21F3N2O4S/c1-14(2,25(22)7-3-5-15(16,17)18)13(21)19-12-8-11(20-24-12)10-4-6-23-9-10/h8,10H,3-7,9H2,1-2H3,(H,19,21). The molecule has 0 bridgehead atoms. The van der Waals surface area contributed by atoms with Gasteiger partial charge in [-0.05, 0) is 26.7 Å². The van der Waals surface area contributed by atoms with Crippen LogP contribution in [-0.2, 0) is 20.3 Å². The van der Waals surface area contributed by atoms with E-state index < -0.39 is 34.1 Å². The Kier molecular flexibility index (Phi) is 6.26. The number of nitrogens with one attached hydrogen (secondary N) is 1. The zero-order chi connectivity index (χ0) is 18.7. The average Bonchev–Trinajstić information content (AvgIpc) is 3.16. The number of nitrogens with zero attached hydrogens (tertiary/aromatic N) is 1. The van der Waals surface area contributed by atoms with Crippen molar-refractivity contribution in [2.45, 2.75) is 50.0 Å². The van der Waals surface area contributed by atoms with E-state index in [1.165, 1.54) is 13.8 Å². The summed E-state index contributed by atoms with van der Waals surface area (Å²) < 4.78 is 57.7. The SMILES string of the molecule is CC(C)(C(=O)Nc1cc(C2CCOC2)no1)S(=O)CCCC(F)(F)F. The van der Waals surface area contributed by atoms with Gasteiger partial charge in [0.2, 0.25) is 11.8 Å². The van der Waals surface area contributed by atoms with E-state index in [9.17, 15) is 22.2 Å². The van der Waals surface area contributed by atoms with Crippen LogP contribution in [0.1, 0.15) is 44.7 Å². The number of halogens is 3. The van der Waals surface area contributed by atoms with E-state index in [1.807, 2.05) is 0 Å². The normalized spacial score (nSPS) is 19.8. The predicted octanol–water partition coefficient (Wildman–Crippen LogP) is 2.99. The van der Waals surface area contributed by atoms with Gasteiger partial charge in [-0.25, -0.2) is 0 Å². The summed E-state index contributed by atoms with van der Waals surface area (Å²) in [4.78, 5) is 12.3. The van der Waals surface area contributed by atoms with Crippen molar-refractivity contribution in [3.05, 3.63) is 11.8 Å². The van der Waals surface area contributed by atoms with Crippen molar-refractivity contribution in [1.29, 1.82) is 0 Å². The third kappa shape index (κ3) is 5.53. The van der Waals surface area contributed by atoms with Crippen LogP contribution >= 0.6 is 0 Å². The van der Waals surface area contributed by atoms with Gasteiger partial charge in [0.15, 0.2) is 0 Å². The number of alkyl halides is 3. The predicted molar refractivity (Wildman–Crippen MR) is 85.7 cm³/mol. The molecule has 1 fully saturated rings. The lowest BCUT2D eigenvalue weighted by molar-refractivity contribution is -0.134. The first-order chi connectivity index (χ1) is 11.6. The lowest BCUT2D eigenvalue weighted by Crippen LogP contribution is -2.42. The van der Waals surface area contributed by atoms with Crippen molar-refractivity contribution in [1.82, 2.24) is 5.16 Å². The smallest absolute Gasteiger partial charge is 0.381 e. The molecule has 0 saturated carbocycles. The molecule has 1 aliphatic rings. The molecule has 2 atom stereocenters. The number of hydrogen-bond acceptors (Lipinski definition) is 5. The third-order valence-corrected chi connectivity index (χ3v) is 6.00. The van der Waals surface area contributed by atoms with Gasteiger partial charge in [0, 0.05) is 41.6 Å². The number of aromatic nitrogens is 1. The maximum atomic E-state index is 12.3. The highest BCUT2D eigenvalue weighted by atomic mass is 32.2. The zero-order valence-corrected chi connectivity index (χ0v) is 14.8. The van der Waals surface area contributed by atoms with Crippen LogP contribution in [0.15, 0.2) is 10.6 Å². The van der Waals surface area contributed by atoms with Gasteiger partial charge >= 0.3 is 6.18 Å². The number of ether oxygens (including phenoxy) is 1. The van der Waals surface area contributed by atoms with Crippen molar-refractivity contribution in [2.24, 2.45) is 0 Å². The van der Waals surface area contributed by atoms with Gasteiger partial charge in [0.25, 0.3) is 0 Å². The van der Waals surface area contributed by atoms with Crippen LogP contribution in [0.25, 0.3) is 0 Å². The molecule has 2 unspecified atom stereocenters. The average molecular weight is 382 g/mol. The van der Waals surface area contributed by atoms with E-state index in [0.717, 1.165) is 6.42 Å². The number of amides is 1. The fourth-order valence-electron chi connectivity index (χ4n) is 2.33. The van der Waals surface area contributed by atoms with Crippen molar-refractivity contribution < 1.29 is 31.4 Å². The highest BCUT2D eigenvalue weighted by Gasteiger charge is 2.36. The first-order valence-corrected chi connectivity index (χ1v) is 9.22. The lowest BCUT2D eigenvalue weighted by atomic mass is 10.1. The molecule has 10 heteroatoms. The largest absolute Gasteiger partial charge is 0.389 e. The van der Waals surface area contributed by atoms with Gasteiger partial charge in [0.1, 0.15) is 4.75 Å². The van der Waals surface area contributed by atoms with E-state index in [0.29, 0.717) is 18.9 Å². The molecule has 0 radical (unpaired) electrons. The molecule has 2 rings (SSSR count). The highest BCUT2D eigenvalue weighted by Crippen LogP contribution is 2.27. The van der Waals surface area contributed by atoms with Crippen LogP contribution in [0.2, 0.25) is 0 Å². The molecule has 0 spiro atoms. The fraction of sp³-hybridized carbons (Fsp3) is 0.733. The van der Waals surface area contributed by atoms with E-state index >= 15 is 0 Å². The van der Waals surface area contributed by atoms with Gasteiger partial charge in [-0.2, -0.15) is 13.2 Å². The molecule has 1 N–H and O–H groups in total. The number of rotatable bonds is 7. The molecule has 0 aliphatic carbocycles. The molecule has 1 aliphatic heterocycles. The minimum absolute atomic E-state index is 0.110. The monoisotopic (exact) mass is 382 g/mol. The maximum absolute atomic E-state index is 12.3. The molecule has 1 saturated heterocycles. The van der Waals surface area contributed by atoms with Crippen LogP contribution < -0.4 is 5.32 Å². The highest BCUT2D eigenvalue weighted by molar-refractivity contribution is 7.87. The van der Waals surface area contributed by atoms with E-state index in [2.05, 4.69) is 10.5 Å². The van der Waals surface area contributed by atoms with Crippen molar-refractivity contribution in [3.63, 3.8) is 0 Å².